The van der Waals surface area contributed by atoms with E-state index >= 15 is 0 Å². The number of aryl methyl sites for hydroxylation is 2. The van der Waals surface area contributed by atoms with E-state index in [1.54, 1.807) is 0 Å². The monoisotopic (exact) mass is 363 g/mol. The summed E-state index contributed by atoms with van der Waals surface area (Å²) < 4.78 is 7.35. The van der Waals surface area contributed by atoms with Crippen LogP contribution in [0.3, 0.4) is 0 Å². The van der Waals surface area contributed by atoms with Gasteiger partial charge in [-0.1, -0.05) is 12.1 Å². The molecule has 0 bridgehead atoms. The van der Waals surface area contributed by atoms with Crippen LogP contribution in [0.1, 0.15) is 30.7 Å². The first-order valence-electron chi connectivity index (χ1n) is 9.50. The molecule has 5 rings (SSSR count). The van der Waals surface area contributed by atoms with E-state index in [0.29, 0.717) is 19.0 Å². The van der Waals surface area contributed by atoms with Gasteiger partial charge in [0.05, 0.1) is 23.9 Å². The Kier molecular flexibility index (Phi) is 4.09. The minimum absolute atomic E-state index is 0.0230. The molecule has 0 spiro atoms. The Morgan fingerprint density at radius 1 is 1.15 bits per heavy atom. The standard InChI is InChI=1S/C20H21N5O2/c26-19(14-9-10-27-12-14)21-15-7-5-13(6-8-15)17-11-25-18-4-2-1-3-16(18)23-24-20(25)22-17/h5-8,11,14H,1-4,9-10,12H2,(H,21,26). The molecule has 27 heavy (non-hydrogen) atoms. The van der Waals surface area contributed by atoms with Crippen LogP contribution >= 0.6 is 0 Å². The number of carbonyl (C=O) groups is 1. The molecule has 1 aliphatic carbocycles. The highest BCUT2D eigenvalue weighted by Crippen LogP contribution is 2.25. The van der Waals surface area contributed by atoms with Crippen molar-refractivity contribution in [3.63, 3.8) is 0 Å². The number of carbonyl (C=O) groups excluding carboxylic acids is 1. The minimum atomic E-state index is -0.0483. The fourth-order valence-corrected chi connectivity index (χ4v) is 3.83. The molecular formula is C20H21N5O2. The van der Waals surface area contributed by atoms with Gasteiger partial charge in [-0.2, -0.15) is 5.10 Å². The third kappa shape index (κ3) is 3.08. The summed E-state index contributed by atoms with van der Waals surface area (Å²) in [6.07, 6.45) is 7.20. The van der Waals surface area contributed by atoms with Crippen molar-refractivity contribution in [2.75, 3.05) is 18.5 Å². The predicted molar refractivity (Wildman–Crippen MR) is 100 cm³/mol. The van der Waals surface area contributed by atoms with Gasteiger partial charge in [0.1, 0.15) is 0 Å². The second-order valence-corrected chi connectivity index (χ2v) is 7.22. The quantitative estimate of drug-likeness (QED) is 0.774. The van der Waals surface area contributed by atoms with Crippen LogP contribution in [0.15, 0.2) is 30.5 Å². The molecule has 1 atom stereocenters. The van der Waals surface area contributed by atoms with Gasteiger partial charge >= 0.3 is 0 Å². The number of imidazole rings is 1. The van der Waals surface area contributed by atoms with Crippen LogP contribution in [0.2, 0.25) is 0 Å². The molecule has 3 aromatic rings. The molecule has 1 fully saturated rings. The van der Waals surface area contributed by atoms with E-state index < -0.39 is 0 Å². The minimum Gasteiger partial charge on any atom is -0.381 e. The number of nitrogens with one attached hydrogen (secondary N) is 1. The lowest BCUT2D eigenvalue weighted by Crippen LogP contribution is -2.22. The van der Waals surface area contributed by atoms with Gasteiger partial charge < -0.3 is 10.1 Å². The number of rotatable bonds is 3. The van der Waals surface area contributed by atoms with E-state index in [-0.39, 0.29) is 11.8 Å². The Hall–Kier alpha value is -2.80. The van der Waals surface area contributed by atoms with Crippen LogP contribution in [0.4, 0.5) is 5.69 Å². The molecule has 0 radical (unpaired) electrons. The van der Waals surface area contributed by atoms with Gasteiger partial charge in [-0.25, -0.2) is 4.98 Å². The highest BCUT2D eigenvalue weighted by atomic mass is 16.5. The molecule has 3 heterocycles. The molecule has 1 saturated heterocycles. The summed E-state index contributed by atoms with van der Waals surface area (Å²) in [5.74, 6) is 0.618. The Morgan fingerprint density at radius 2 is 2.00 bits per heavy atom. The molecular weight excluding hydrogens is 342 g/mol. The maximum absolute atomic E-state index is 12.2. The van der Waals surface area contributed by atoms with Crippen molar-refractivity contribution in [3.05, 3.63) is 41.9 Å². The largest absolute Gasteiger partial charge is 0.381 e. The Labute approximate surface area is 156 Å². The zero-order valence-corrected chi connectivity index (χ0v) is 15.0. The van der Waals surface area contributed by atoms with Crippen LogP contribution in [-0.2, 0) is 22.4 Å². The molecule has 1 aromatic carbocycles. The van der Waals surface area contributed by atoms with Crippen molar-refractivity contribution in [2.24, 2.45) is 5.92 Å². The van der Waals surface area contributed by atoms with E-state index in [4.69, 9.17) is 4.74 Å². The molecule has 0 saturated carbocycles. The molecule has 1 unspecified atom stereocenters. The van der Waals surface area contributed by atoms with Crippen LogP contribution in [0.5, 0.6) is 0 Å². The van der Waals surface area contributed by atoms with Crippen molar-refractivity contribution in [1.82, 2.24) is 19.6 Å². The Bertz CT molecular complexity index is 990. The van der Waals surface area contributed by atoms with E-state index in [1.165, 1.54) is 18.5 Å². The van der Waals surface area contributed by atoms with Gasteiger partial charge in [0.15, 0.2) is 0 Å². The smallest absolute Gasteiger partial charge is 0.254 e. The summed E-state index contributed by atoms with van der Waals surface area (Å²) >= 11 is 0. The number of hydrogen-bond acceptors (Lipinski definition) is 5. The first-order chi connectivity index (χ1) is 13.3. The Balaban J connectivity index is 1.39. The predicted octanol–water partition coefficient (Wildman–Crippen LogP) is 2.65. The number of fused-ring (bicyclic) bond motifs is 3. The van der Waals surface area contributed by atoms with Crippen molar-refractivity contribution < 1.29 is 9.53 Å². The number of anilines is 1. The first-order valence-corrected chi connectivity index (χ1v) is 9.50. The van der Waals surface area contributed by atoms with Crippen LogP contribution < -0.4 is 5.32 Å². The maximum atomic E-state index is 12.2. The van der Waals surface area contributed by atoms with Crippen molar-refractivity contribution in [3.8, 4) is 11.3 Å². The molecule has 1 amide bonds. The van der Waals surface area contributed by atoms with Gasteiger partial charge in [-0.05, 0) is 44.2 Å². The maximum Gasteiger partial charge on any atom is 0.254 e. The molecule has 1 aliphatic heterocycles. The second-order valence-electron chi connectivity index (χ2n) is 7.22. The van der Waals surface area contributed by atoms with Crippen LogP contribution in [0.25, 0.3) is 17.0 Å². The lowest BCUT2D eigenvalue weighted by molar-refractivity contribution is -0.119. The number of benzene rings is 1. The number of hydrogen-bond donors (Lipinski definition) is 1. The van der Waals surface area contributed by atoms with E-state index in [2.05, 4.69) is 24.9 Å². The second kappa shape index (κ2) is 6.74. The van der Waals surface area contributed by atoms with Crippen molar-refractivity contribution in [2.45, 2.75) is 32.1 Å². The van der Waals surface area contributed by atoms with Crippen LogP contribution in [-0.4, -0.2) is 38.7 Å². The van der Waals surface area contributed by atoms with Crippen LogP contribution in [0, 0.1) is 5.92 Å². The molecule has 138 valence electrons. The highest BCUT2D eigenvalue weighted by Gasteiger charge is 2.23. The molecule has 7 nitrogen and oxygen atoms in total. The molecule has 2 aliphatic rings. The van der Waals surface area contributed by atoms with Gasteiger partial charge in [-0.15, -0.1) is 5.10 Å². The zero-order valence-electron chi connectivity index (χ0n) is 15.0. The molecule has 7 heteroatoms. The summed E-state index contributed by atoms with van der Waals surface area (Å²) in [4.78, 5) is 16.8. The number of amides is 1. The summed E-state index contributed by atoms with van der Waals surface area (Å²) in [6.45, 7) is 1.17. The normalized spacial score (nSPS) is 19.2. The third-order valence-electron chi connectivity index (χ3n) is 5.40. The number of nitrogens with zero attached hydrogens (tertiary/aromatic N) is 4. The lowest BCUT2D eigenvalue weighted by atomic mass is 10.0. The van der Waals surface area contributed by atoms with Gasteiger partial charge in [-0.3, -0.25) is 9.20 Å². The van der Waals surface area contributed by atoms with Crippen molar-refractivity contribution in [1.29, 1.82) is 0 Å². The van der Waals surface area contributed by atoms with Gasteiger partial charge in [0.2, 0.25) is 5.91 Å². The molecule has 1 N–H and O–H groups in total. The highest BCUT2D eigenvalue weighted by molar-refractivity contribution is 5.93. The average Bonchev–Trinajstić information content (AvgIpc) is 3.38. The first kappa shape index (κ1) is 16.4. The summed E-state index contributed by atoms with van der Waals surface area (Å²) in [5.41, 5.74) is 4.97. The summed E-state index contributed by atoms with van der Waals surface area (Å²) in [7, 11) is 0. The van der Waals surface area contributed by atoms with E-state index in [9.17, 15) is 4.79 Å². The fraction of sp³-hybridized carbons (Fsp3) is 0.400. The van der Waals surface area contributed by atoms with Crippen molar-refractivity contribution >= 4 is 17.4 Å². The summed E-state index contributed by atoms with van der Waals surface area (Å²) in [5, 5.41) is 11.6. The average molecular weight is 363 g/mol. The Morgan fingerprint density at radius 3 is 2.81 bits per heavy atom. The van der Waals surface area contributed by atoms with Gasteiger partial charge in [0.25, 0.3) is 5.78 Å². The third-order valence-corrected chi connectivity index (χ3v) is 5.40. The fourth-order valence-electron chi connectivity index (χ4n) is 3.83. The lowest BCUT2D eigenvalue weighted by Gasteiger charge is -2.14. The molecule has 2 aromatic heterocycles. The SMILES string of the molecule is O=C(Nc1ccc(-c2cn3c4c(nnc3n2)CCCC4)cc1)C1CCOC1. The summed E-state index contributed by atoms with van der Waals surface area (Å²) in [6, 6.07) is 7.77. The topological polar surface area (TPSA) is 81.4 Å². The van der Waals surface area contributed by atoms with E-state index in [1.807, 2.05) is 30.5 Å². The zero-order chi connectivity index (χ0) is 18.2. The van der Waals surface area contributed by atoms with E-state index in [0.717, 1.165) is 41.9 Å². The number of ether oxygens (including phenoxy) is 1. The number of aromatic nitrogens is 4. The van der Waals surface area contributed by atoms with Gasteiger partial charge in [0, 0.05) is 29.7 Å².